The molecule has 98 valence electrons. The molecule has 1 N–H and O–H groups in total. The third-order valence-corrected chi connectivity index (χ3v) is 3.26. The van der Waals surface area contributed by atoms with Crippen LogP contribution < -0.4 is 5.32 Å². The number of piperidine rings is 1. The van der Waals surface area contributed by atoms with Crippen LogP contribution in [0.4, 0.5) is 4.39 Å². The van der Waals surface area contributed by atoms with Gasteiger partial charge in [0.2, 0.25) is 5.91 Å². The number of aryl methyl sites for hydroxylation is 1. The minimum absolute atomic E-state index is 0.262. The van der Waals surface area contributed by atoms with Gasteiger partial charge in [0.25, 0.3) is 5.91 Å². The lowest BCUT2D eigenvalue weighted by molar-refractivity contribution is -0.135. The van der Waals surface area contributed by atoms with Crippen LogP contribution >= 0.6 is 0 Å². The average molecular weight is 262 g/mol. The van der Waals surface area contributed by atoms with Gasteiger partial charge in [-0.05, 0) is 25.0 Å². The molecule has 0 radical (unpaired) electrons. The Morgan fingerprint density at radius 1 is 1.42 bits per heavy atom. The van der Waals surface area contributed by atoms with E-state index in [0.717, 1.165) is 0 Å². The van der Waals surface area contributed by atoms with Crippen molar-refractivity contribution in [3.8, 4) is 0 Å². The average Bonchev–Trinajstić information content (AvgIpc) is 2.73. The van der Waals surface area contributed by atoms with Gasteiger partial charge in [0, 0.05) is 12.5 Å². The van der Waals surface area contributed by atoms with Gasteiger partial charge in [-0.3, -0.25) is 14.9 Å². The van der Waals surface area contributed by atoms with Crippen LogP contribution in [0.1, 0.15) is 24.4 Å². The number of carbonyl (C=O) groups is 2. The summed E-state index contributed by atoms with van der Waals surface area (Å²) in [6, 6.07) is 2.32. The topological polar surface area (TPSA) is 76.9 Å². The van der Waals surface area contributed by atoms with E-state index in [4.69, 9.17) is 0 Å². The molecule has 3 rings (SSSR count). The summed E-state index contributed by atoms with van der Waals surface area (Å²) in [5.74, 6) is -1.04. The number of nitrogens with zero attached hydrogens (tertiary/aromatic N) is 3. The maximum Gasteiger partial charge on any atom is 0.251 e. The molecule has 2 aromatic rings. The van der Waals surface area contributed by atoms with Crippen molar-refractivity contribution in [1.82, 2.24) is 20.3 Å². The van der Waals surface area contributed by atoms with Gasteiger partial charge in [-0.25, -0.2) is 9.07 Å². The second-order valence-corrected chi connectivity index (χ2v) is 4.59. The highest BCUT2D eigenvalue weighted by atomic mass is 19.1. The zero-order chi connectivity index (χ0) is 13.6. The lowest BCUT2D eigenvalue weighted by atomic mass is 10.1. The fourth-order valence-corrected chi connectivity index (χ4v) is 2.21. The Kier molecular flexibility index (Phi) is 2.55. The minimum atomic E-state index is -0.576. The molecule has 1 aliphatic heterocycles. The van der Waals surface area contributed by atoms with Gasteiger partial charge in [-0.15, -0.1) is 5.10 Å². The largest absolute Gasteiger partial charge is 0.295 e. The van der Waals surface area contributed by atoms with Crippen molar-refractivity contribution in [3.05, 3.63) is 23.5 Å². The van der Waals surface area contributed by atoms with E-state index in [-0.39, 0.29) is 18.1 Å². The van der Waals surface area contributed by atoms with E-state index in [1.165, 1.54) is 10.7 Å². The fraction of sp³-hybridized carbons (Fsp3) is 0.333. The quantitative estimate of drug-likeness (QED) is 0.773. The molecule has 6 nitrogen and oxygen atoms in total. The van der Waals surface area contributed by atoms with Crippen molar-refractivity contribution in [2.75, 3.05) is 0 Å². The monoisotopic (exact) mass is 262 g/mol. The molecular formula is C12H11FN4O2. The van der Waals surface area contributed by atoms with Gasteiger partial charge in [0.15, 0.2) is 0 Å². The molecular weight excluding hydrogens is 251 g/mol. The fourth-order valence-electron chi connectivity index (χ4n) is 2.21. The van der Waals surface area contributed by atoms with E-state index in [9.17, 15) is 14.0 Å². The molecule has 2 heterocycles. The number of halogens is 1. The standard InChI is InChI=1S/C12H11FN4O2/c1-6-4-10-8(5-7(6)13)15-16-17(10)9-2-3-11(18)14-12(9)19/h4-5,9H,2-3H2,1H3,(H,14,18,19). The van der Waals surface area contributed by atoms with Gasteiger partial charge in [0.1, 0.15) is 17.4 Å². The van der Waals surface area contributed by atoms with Crippen LogP contribution in [-0.4, -0.2) is 26.8 Å². The highest BCUT2D eigenvalue weighted by Crippen LogP contribution is 2.24. The first-order valence-electron chi connectivity index (χ1n) is 5.91. The summed E-state index contributed by atoms with van der Waals surface area (Å²) in [7, 11) is 0. The van der Waals surface area contributed by atoms with Crippen molar-refractivity contribution in [2.24, 2.45) is 0 Å². The lowest BCUT2D eigenvalue weighted by Crippen LogP contribution is -2.42. The Hall–Kier alpha value is -2.31. The van der Waals surface area contributed by atoms with Crippen molar-refractivity contribution in [3.63, 3.8) is 0 Å². The molecule has 1 fully saturated rings. The first-order chi connectivity index (χ1) is 9.06. The summed E-state index contributed by atoms with van der Waals surface area (Å²) in [5, 5.41) is 10.0. The van der Waals surface area contributed by atoms with Crippen LogP contribution in [0.25, 0.3) is 11.0 Å². The Balaban J connectivity index is 2.08. The maximum atomic E-state index is 13.4. The van der Waals surface area contributed by atoms with E-state index < -0.39 is 11.9 Å². The second kappa shape index (κ2) is 4.11. The molecule has 2 amide bonds. The molecule has 0 spiro atoms. The van der Waals surface area contributed by atoms with E-state index in [0.29, 0.717) is 23.0 Å². The molecule has 1 saturated heterocycles. The van der Waals surface area contributed by atoms with Crippen molar-refractivity contribution >= 4 is 22.8 Å². The van der Waals surface area contributed by atoms with Crippen LogP contribution in [0, 0.1) is 12.7 Å². The third kappa shape index (κ3) is 1.87. The van der Waals surface area contributed by atoms with Gasteiger partial charge < -0.3 is 0 Å². The highest BCUT2D eigenvalue weighted by Gasteiger charge is 2.30. The summed E-state index contributed by atoms with van der Waals surface area (Å²) in [6.45, 7) is 1.64. The smallest absolute Gasteiger partial charge is 0.251 e. The number of fused-ring (bicyclic) bond motifs is 1. The summed E-state index contributed by atoms with van der Waals surface area (Å²) in [5.41, 5.74) is 1.45. The number of aromatic nitrogens is 3. The zero-order valence-electron chi connectivity index (χ0n) is 10.2. The predicted octanol–water partition coefficient (Wildman–Crippen LogP) is 0.857. The van der Waals surface area contributed by atoms with Gasteiger partial charge in [-0.1, -0.05) is 5.21 Å². The Morgan fingerprint density at radius 3 is 2.95 bits per heavy atom. The number of benzene rings is 1. The van der Waals surface area contributed by atoms with Gasteiger partial charge in [0.05, 0.1) is 5.52 Å². The van der Waals surface area contributed by atoms with Gasteiger partial charge in [-0.2, -0.15) is 0 Å². The Labute approximate surface area is 107 Å². The van der Waals surface area contributed by atoms with Gasteiger partial charge >= 0.3 is 0 Å². The lowest BCUT2D eigenvalue weighted by Gasteiger charge is -2.21. The molecule has 0 bridgehead atoms. The number of imide groups is 1. The normalized spacial score (nSPS) is 19.8. The Bertz CT molecular complexity index is 694. The van der Waals surface area contributed by atoms with Crippen LogP contribution in [0.2, 0.25) is 0 Å². The molecule has 1 unspecified atom stereocenters. The van der Waals surface area contributed by atoms with Crippen LogP contribution in [-0.2, 0) is 9.59 Å². The molecule has 1 aliphatic rings. The maximum absolute atomic E-state index is 13.4. The molecule has 1 aromatic heterocycles. The van der Waals surface area contributed by atoms with Crippen LogP contribution in [0.15, 0.2) is 12.1 Å². The summed E-state index contributed by atoms with van der Waals surface area (Å²) < 4.78 is 14.9. The highest BCUT2D eigenvalue weighted by molar-refractivity contribution is 5.99. The number of hydrogen-bond donors (Lipinski definition) is 1. The number of hydrogen-bond acceptors (Lipinski definition) is 4. The first-order valence-corrected chi connectivity index (χ1v) is 5.91. The van der Waals surface area contributed by atoms with E-state index in [1.54, 1.807) is 13.0 Å². The number of nitrogens with one attached hydrogen (secondary N) is 1. The summed E-state index contributed by atoms with van der Waals surface area (Å²) in [6.07, 6.45) is 0.636. The second-order valence-electron chi connectivity index (χ2n) is 4.59. The Morgan fingerprint density at radius 2 is 2.21 bits per heavy atom. The molecule has 1 atom stereocenters. The third-order valence-electron chi connectivity index (χ3n) is 3.26. The summed E-state index contributed by atoms with van der Waals surface area (Å²) in [4.78, 5) is 22.9. The molecule has 0 aliphatic carbocycles. The van der Waals surface area contributed by atoms with E-state index >= 15 is 0 Å². The van der Waals surface area contributed by atoms with E-state index in [1.807, 2.05) is 0 Å². The van der Waals surface area contributed by atoms with Crippen LogP contribution in [0.5, 0.6) is 0 Å². The molecule has 0 saturated carbocycles. The zero-order valence-corrected chi connectivity index (χ0v) is 10.2. The first kappa shape index (κ1) is 11.8. The minimum Gasteiger partial charge on any atom is -0.295 e. The summed E-state index contributed by atoms with van der Waals surface area (Å²) >= 11 is 0. The molecule has 7 heteroatoms. The molecule has 1 aromatic carbocycles. The van der Waals surface area contributed by atoms with Crippen molar-refractivity contribution in [2.45, 2.75) is 25.8 Å². The van der Waals surface area contributed by atoms with Crippen molar-refractivity contribution < 1.29 is 14.0 Å². The number of carbonyl (C=O) groups excluding carboxylic acids is 2. The predicted molar refractivity (Wildman–Crippen MR) is 63.6 cm³/mol. The number of rotatable bonds is 1. The molecule has 19 heavy (non-hydrogen) atoms. The van der Waals surface area contributed by atoms with Crippen molar-refractivity contribution in [1.29, 1.82) is 0 Å². The number of amides is 2. The SMILES string of the molecule is Cc1cc2c(cc1F)nnn2C1CCC(=O)NC1=O. The van der Waals surface area contributed by atoms with Crippen LogP contribution in [0.3, 0.4) is 0 Å². The van der Waals surface area contributed by atoms with E-state index in [2.05, 4.69) is 15.6 Å².